The van der Waals surface area contributed by atoms with Crippen molar-refractivity contribution in [3.8, 4) is 0 Å². The summed E-state index contributed by atoms with van der Waals surface area (Å²) < 4.78 is 5.23. The molecule has 1 fully saturated rings. The largest absolute Gasteiger partial charge is 0.480 e. The summed E-state index contributed by atoms with van der Waals surface area (Å²) in [4.78, 5) is 12.7. The minimum Gasteiger partial charge on any atom is -0.480 e. The molecule has 0 amide bonds. The van der Waals surface area contributed by atoms with Gasteiger partial charge < -0.3 is 9.52 Å². The molecule has 1 aromatic rings. The Hall–Kier alpha value is -1.29. The maximum Gasteiger partial charge on any atom is 0.317 e. The van der Waals surface area contributed by atoms with Crippen LogP contribution in [0.1, 0.15) is 25.0 Å². The number of carboxylic acids is 1. The molecule has 15 heavy (non-hydrogen) atoms. The first-order valence-electron chi connectivity index (χ1n) is 5.24. The molecule has 1 heterocycles. The van der Waals surface area contributed by atoms with Crippen LogP contribution < -0.4 is 0 Å². The average molecular weight is 209 g/mol. The van der Waals surface area contributed by atoms with Crippen LogP contribution >= 0.6 is 0 Å². The summed E-state index contributed by atoms with van der Waals surface area (Å²) in [6.07, 6.45) is 5.04. The molecule has 0 aromatic carbocycles. The zero-order valence-corrected chi connectivity index (χ0v) is 8.56. The van der Waals surface area contributed by atoms with Crippen LogP contribution in [0.4, 0.5) is 0 Å². The first kappa shape index (κ1) is 10.2. The molecule has 0 bridgehead atoms. The van der Waals surface area contributed by atoms with Crippen LogP contribution in [0.25, 0.3) is 0 Å². The second-order valence-corrected chi connectivity index (χ2v) is 3.96. The highest BCUT2D eigenvalue weighted by Gasteiger charge is 2.26. The van der Waals surface area contributed by atoms with Crippen molar-refractivity contribution in [1.29, 1.82) is 0 Å². The van der Waals surface area contributed by atoms with Gasteiger partial charge >= 0.3 is 5.97 Å². The predicted octanol–water partition coefficient (Wildman–Crippen LogP) is 1.72. The second-order valence-electron chi connectivity index (χ2n) is 3.96. The summed E-state index contributed by atoms with van der Waals surface area (Å²) in [5, 5.41) is 8.81. The Balaban J connectivity index is 1.95. The molecular formula is C11H15NO3. The van der Waals surface area contributed by atoms with Gasteiger partial charge in [-0.3, -0.25) is 9.69 Å². The van der Waals surface area contributed by atoms with Gasteiger partial charge in [0.1, 0.15) is 5.76 Å². The van der Waals surface area contributed by atoms with Gasteiger partial charge in [-0.2, -0.15) is 0 Å². The first-order chi connectivity index (χ1) is 7.25. The second kappa shape index (κ2) is 4.49. The van der Waals surface area contributed by atoms with Gasteiger partial charge in [-0.25, -0.2) is 0 Å². The predicted molar refractivity (Wildman–Crippen MR) is 54.4 cm³/mol. The molecule has 4 heteroatoms. The van der Waals surface area contributed by atoms with Crippen molar-refractivity contribution in [3.63, 3.8) is 0 Å². The number of carboxylic acid groups (broad SMARTS) is 1. The van der Waals surface area contributed by atoms with E-state index in [1.807, 2.05) is 17.0 Å². The fraction of sp³-hybridized carbons (Fsp3) is 0.545. The van der Waals surface area contributed by atoms with Crippen molar-refractivity contribution < 1.29 is 14.3 Å². The molecular weight excluding hydrogens is 194 g/mol. The number of furan rings is 1. The van der Waals surface area contributed by atoms with E-state index in [9.17, 15) is 4.79 Å². The summed E-state index contributed by atoms with van der Waals surface area (Å²) in [6.45, 7) is 0.704. The SMILES string of the molecule is O=C(O)CN(Cc1ccco1)C1CCC1. The molecule has 1 saturated carbocycles. The van der Waals surface area contributed by atoms with Crippen LogP contribution in [0.15, 0.2) is 22.8 Å². The summed E-state index contributed by atoms with van der Waals surface area (Å²) >= 11 is 0. The summed E-state index contributed by atoms with van der Waals surface area (Å²) in [6, 6.07) is 4.13. The highest BCUT2D eigenvalue weighted by Crippen LogP contribution is 2.26. The lowest BCUT2D eigenvalue weighted by Crippen LogP contribution is -2.42. The van der Waals surface area contributed by atoms with E-state index in [-0.39, 0.29) is 6.54 Å². The van der Waals surface area contributed by atoms with Crippen molar-refractivity contribution in [1.82, 2.24) is 4.90 Å². The Morgan fingerprint density at radius 1 is 1.60 bits per heavy atom. The van der Waals surface area contributed by atoms with E-state index in [1.54, 1.807) is 6.26 Å². The minimum absolute atomic E-state index is 0.103. The van der Waals surface area contributed by atoms with Gasteiger partial charge in [0, 0.05) is 6.04 Å². The fourth-order valence-electron chi connectivity index (χ4n) is 1.84. The Kier molecular flexibility index (Phi) is 3.06. The number of carbonyl (C=O) groups is 1. The Labute approximate surface area is 88.5 Å². The van der Waals surface area contributed by atoms with E-state index in [0.717, 1.165) is 18.6 Å². The molecule has 2 rings (SSSR count). The third-order valence-corrected chi connectivity index (χ3v) is 2.87. The highest BCUT2D eigenvalue weighted by atomic mass is 16.4. The maximum atomic E-state index is 10.7. The minimum atomic E-state index is -0.770. The molecule has 0 unspecified atom stereocenters. The van der Waals surface area contributed by atoms with Gasteiger partial charge in [-0.05, 0) is 25.0 Å². The lowest BCUT2D eigenvalue weighted by Gasteiger charge is -2.35. The van der Waals surface area contributed by atoms with E-state index in [0.29, 0.717) is 12.6 Å². The van der Waals surface area contributed by atoms with Crippen molar-refractivity contribution in [2.24, 2.45) is 0 Å². The van der Waals surface area contributed by atoms with Crippen LogP contribution in [0.3, 0.4) is 0 Å². The molecule has 4 nitrogen and oxygen atoms in total. The highest BCUT2D eigenvalue weighted by molar-refractivity contribution is 5.69. The van der Waals surface area contributed by atoms with Crippen LogP contribution in [0.2, 0.25) is 0 Å². The van der Waals surface area contributed by atoms with Crippen molar-refractivity contribution in [3.05, 3.63) is 24.2 Å². The van der Waals surface area contributed by atoms with E-state index >= 15 is 0 Å². The zero-order valence-electron chi connectivity index (χ0n) is 8.56. The van der Waals surface area contributed by atoms with Gasteiger partial charge in [0.25, 0.3) is 0 Å². The molecule has 0 spiro atoms. The standard InChI is InChI=1S/C11H15NO3/c13-11(14)8-12(9-3-1-4-9)7-10-5-2-6-15-10/h2,5-6,9H,1,3-4,7-8H2,(H,13,14). The number of aliphatic carboxylic acids is 1. The smallest absolute Gasteiger partial charge is 0.317 e. The molecule has 0 aliphatic heterocycles. The quantitative estimate of drug-likeness (QED) is 0.802. The van der Waals surface area contributed by atoms with Gasteiger partial charge in [-0.1, -0.05) is 6.42 Å². The first-order valence-corrected chi connectivity index (χ1v) is 5.24. The average Bonchev–Trinajstić information content (AvgIpc) is 2.51. The van der Waals surface area contributed by atoms with Gasteiger partial charge in [0.05, 0.1) is 19.4 Å². The Bertz CT molecular complexity index is 317. The third-order valence-electron chi connectivity index (χ3n) is 2.87. The topological polar surface area (TPSA) is 53.7 Å². The molecule has 1 aromatic heterocycles. The van der Waals surface area contributed by atoms with Crippen LogP contribution in [-0.4, -0.2) is 28.6 Å². The molecule has 0 saturated heterocycles. The number of rotatable bonds is 5. The summed E-state index contributed by atoms with van der Waals surface area (Å²) in [7, 11) is 0. The van der Waals surface area contributed by atoms with Crippen molar-refractivity contribution in [2.45, 2.75) is 31.8 Å². The van der Waals surface area contributed by atoms with Gasteiger partial charge in [0.2, 0.25) is 0 Å². The Morgan fingerprint density at radius 3 is 2.87 bits per heavy atom. The molecule has 0 radical (unpaired) electrons. The molecule has 1 aliphatic carbocycles. The van der Waals surface area contributed by atoms with E-state index < -0.39 is 5.97 Å². The van der Waals surface area contributed by atoms with Gasteiger partial charge in [-0.15, -0.1) is 0 Å². The van der Waals surface area contributed by atoms with Gasteiger partial charge in [0.15, 0.2) is 0 Å². The number of nitrogens with zero attached hydrogens (tertiary/aromatic N) is 1. The fourth-order valence-corrected chi connectivity index (χ4v) is 1.84. The normalized spacial score (nSPS) is 16.6. The Morgan fingerprint density at radius 2 is 2.40 bits per heavy atom. The summed E-state index contributed by atoms with van der Waals surface area (Å²) in [5.41, 5.74) is 0. The van der Waals surface area contributed by atoms with Crippen molar-refractivity contribution in [2.75, 3.05) is 6.54 Å². The number of hydrogen-bond acceptors (Lipinski definition) is 3. The summed E-state index contributed by atoms with van der Waals surface area (Å²) in [5.74, 6) is 0.0663. The van der Waals surface area contributed by atoms with E-state index in [2.05, 4.69) is 0 Å². The maximum absolute atomic E-state index is 10.7. The molecule has 82 valence electrons. The van der Waals surface area contributed by atoms with Crippen LogP contribution in [-0.2, 0) is 11.3 Å². The van der Waals surface area contributed by atoms with Crippen LogP contribution in [0, 0.1) is 0 Å². The number of hydrogen-bond donors (Lipinski definition) is 1. The van der Waals surface area contributed by atoms with E-state index in [1.165, 1.54) is 6.42 Å². The molecule has 1 aliphatic rings. The monoisotopic (exact) mass is 209 g/mol. The lowest BCUT2D eigenvalue weighted by atomic mass is 9.91. The van der Waals surface area contributed by atoms with Crippen LogP contribution in [0.5, 0.6) is 0 Å². The van der Waals surface area contributed by atoms with Crippen molar-refractivity contribution >= 4 is 5.97 Å². The van der Waals surface area contributed by atoms with E-state index in [4.69, 9.17) is 9.52 Å². The third kappa shape index (κ3) is 2.59. The molecule has 1 N–H and O–H groups in total. The zero-order chi connectivity index (χ0) is 10.7. The lowest BCUT2D eigenvalue weighted by molar-refractivity contribution is -0.139. The molecule has 0 atom stereocenters.